The summed E-state index contributed by atoms with van der Waals surface area (Å²) in [4.78, 5) is 19.0. The van der Waals surface area contributed by atoms with Gasteiger partial charge in [-0.2, -0.15) is 5.10 Å². The first kappa shape index (κ1) is 17.6. The van der Waals surface area contributed by atoms with Gasteiger partial charge in [-0.1, -0.05) is 0 Å². The number of pyridine rings is 1. The number of carbonyl (C=O) groups excluding carboxylic acids is 1. The first-order chi connectivity index (χ1) is 12.4. The van der Waals surface area contributed by atoms with Crippen LogP contribution >= 0.6 is 0 Å². The molecule has 0 unspecified atom stereocenters. The Balaban J connectivity index is 1.89. The Morgan fingerprint density at radius 3 is 2.46 bits per heavy atom. The minimum atomic E-state index is -0.320. The molecule has 3 rings (SSSR count). The van der Waals surface area contributed by atoms with E-state index in [4.69, 9.17) is 0 Å². The van der Waals surface area contributed by atoms with Crippen molar-refractivity contribution in [1.82, 2.24) is 14.8 Å². The van der Waals surface area contributed by atoms with E-state index in [-0.39, 0.29) is 11.7 Å². The topological polar surface area (TPSA) is 63.1 Å². The number of aryl methyl sites for hydroxylation is 1. The minimum absolute atomic E-state index is 0.274. The summed E-state index contributed by atoms with van der Waals surface area (Å²) < 4.78 is 14.7. The lowest BCUT2D eigenvalue weighted by Crippen LogP contribution is -2.18. The normalized spacial score (nSPS) is 10.7. The number of benzene rings is 1. The molecule has 1 aromatic carbocycles. The molecule has 0 aliphatic rings. The van der Waals surface area contributed by atoms with Gasteiger partial charge < -0.3 is 10.2 Å². The Bertz CT molecular complexity index is 947. The highest BCUT2D eigenvalue weighted by molar-refractivity contribution is 6.06. The fourth-order valence-electron chi connectivity index (χ4n) is 2.65. The lowest BCUT2D eigenvalue weighted by Gasteiger charge is -2.17. The molecule has 0 bridgehead atoms. The summed E-state index contributed by atoms with van der Waals surface area (Å²) in [6.45, 7) is 3.70. The van der Waals surface area contributed by atoms with Crippen molar-refractivity contribution in [2.24, 2.45) is 0 Å². The number of rotatable bonds is 4. The van der Waals surface area contributed by atoms with E-state index >= 15 is 0 Å². The summed E-state index contributed by atoms with van der Waals surface area (Å²) in [7, 11) is 3.74. The maximum Gasteiger partial charge on any atom is 0.259 e. The van der Waals surface area contributed by atoms with Crippen LogP contribution in [0.2, 0.25) is 0 Å². The van der Waals surface area contributed by atoms with E-state index in [1.807, 2.05) is 38.1 Å². The van der Waals surface area contributed by atoms with Crippen molar-refractivity contribution in [2.45, 2.75) is 13.8 Å². The fourth-order valence-corrected chi connectivity index (χ4v) is 2.65. The number of nitrogens with zero attached hydrogens (tertiary/aromatic N) is 4. The number of anilines is 2. The molecule has 134 valence electrons. The van der Waals surface area contributed by atoms with Crippen molar-refractivity contribution in [3.63, 3.8) is 0 Å². The molecular formula is C19H20FN5O. The number of halogens is 1. The van der Waals surface area contributed by atoms with E-state index in [0.717, 1.165) is 5.69 Å². The Kier molecular flexibility index (Phi) is 4.71. The maximum atomic E-state index is 13.1. The van der Waals surface area contributed by atoms with Gasteiger partial charge in [-0.15, -0.1) is 0 Å². The summed E-state index contributed by atoms with van der Waals surface area (Å²) in [6, 6.07) is 9.62. The quantitative estimate of drug-likeness (QED) is 0.781. The van der Waals surface area contributed by atoms with Gasteiger partial charge >= 0.3 is 0 Å². The van der Waals surface area contributed by atoms with Crippen molar-refractivity contribution in [3.8, 4) is 5.69 Å². The van der Waals surface area contributed by atoms with Gasteiger partial charge in [0.05, 0.1) is 28.8 Å². The summed E-state index contributed by atoms with van der Waals surface area (Å²) in [5, 5.41) is 7.15. The number of aromatic nitrogens is 3. The minimum Gasteiger partial charge on any atom is -0.361 e. The van der Waals surface area contributed by atoms with Gasteiger partial charge in [0.25, 0.3) is 5.91 Å². The molecule has 2 aromatic heterocycles. The van der Waals surface area contributed by atoms with Gasteiger partial charge in [0.2, 0.25) is 0 Å². The van der Waals surface area contributed by atoms with Gasteiger partial charge in [0, 0.05) is 19.8 Å². The number of hydrogen-bond acceptors (Lipinski definition) is 4. The second-order valence-electron chi connectivity index (χ2n) is 6.20. The van der Waals surface area contributed by atoms with Gasteiger partial charge in [-0.25, -0.2) is 14.1 Å². The molecule has 0 saturated heterocycles. The lowest BCUT2D eigenvalue weighted by molar-refractivity contribution is 0.102. The van der Waals surface area contributed by atoms with Crippen molar-refractivity contribution in [2.75, 3.05) is 24.3 Å². The third-order valence-corrected chi connectivity index (χ3v) is 4.01. The average molecular weight is 353 g/mol. The van der Waals surface area contributed by atoms with Gasteiger partial charge in [0.15, 0.2) is 5.82 Å². The molecule has 26 heavy (non-hydrogen) atoms. The molecule has 0 atom stereocenters. The first-order valence-corrected chi connectivity index (χ1v) is 8.13. The van der Waals surface area contributed by atoms with Crippen LogP contribution in [-0.4, -0.2) is 34.8 Å². The highest BCUT2D eigenvalue weighted by Gasteiger charge is 2.17. The molecule has 6 nitrogen and oxygen atoms in total. The van der Waals surface area contributed by atoms with Crippen LogP contribution in [0.5, 0.6) is 0 Å². The van der Waals surface area contributed by atoms with E-state index < -0.39 is 0 Å². The molecule has 0 fully saturated rings. The van der Waals surface area contributed by atoms with Crippen LogP contribution in [0.25, 0.3) is 5.69 Å². The van der Waals surface area contributed by atoms with Crippen molar-refractivity contribution < 1.29 is 9.18 Å². The molecule has 2 heterocycles. The van der Waals surface area contributed by atoms with E-state index in [1.54, 1.807) is 23.7 Å². The molecule has 0 saturated carbocycles. The lowest BCUT2D eigenvalue weighted by atomic mass is 10.2. The van der Waals surface area contributed by atoms with Crippen molar-refractivity contribution in [1.29, 1.82) is 0 Å². The van der Waals surface area contributed by atoms with Crippen LogP contribution in [0.4, 0.5) is 15.9 Å². The van der Waals surface area contributed by atoms with E-state index in [2.05, 4.69) is 15.4 Å². The van der Waals surface area contributed by atoms with Crippen LogP contribution in [0, 0.1) is 19.7 Å². The maximum absolute atomic E-state index is 13.1. The zero-order valence-electron chi connectivity index (χ0n) is 15.1. The predicted molar refractivity (Wildman–Crippen MR) is 99.5 cm³/mol. The standard InChI is InChI=1S/C19H20FN5O/c1-12-5-10-17(18(22-12)24(3)4)23-19(26)16-11-21-25(13(16)2)15-8-6-14(20)7-9-15/h5-11H,1-4H3,(H,23,26). The Hall–Kier alpha value is -3.22. The zero-order chi connectivity index (χ0) is 18.8. The molecule has 1 N–H and O–H groups in total. The number of nitrogens with one attached hydrogen (secondary N) is 1. The monoisotopic (exact) mass is 353 g/mol. The molecule has 1 amide bonds. The molecule has 0 aliphatic heterocycles. The van der Waals surface area contributed by atoms with Crippen LogP contribution < -0.4 is 10.2 Å². The Morgan fingerprint density at radius 2 is 1.81 bits per heavy atom. The highest BCUT2D eigenvalue weighted by atomic mass is 19.1. The highest BCUT2D eigenvalue weighted by Crippen LogP contribution is 2.23. The van der Waals surface area contributed by atoms with Gasteiger partial charge in [0.1, 0.15) is 5.82 Å². The van der Waals surface area contributed by atoms with Crippen LogP contribution in [0.3, 0.4) is 0 Å². The zero-order valence-corrected chi connectivity index (χ0v) is 15.1. The molecule has 0 radical (unpaired) electrons. The molecular weight excluding hydrogens is 333 g/mol. The second-order valence-corrected chi connectivity index (χ2v) is 6.20. The van der Waals surface area contributed by atoms with E-state index in [0.29, 0.717) is 28.5 Å². The Labute approximate surface area is 151 Å². The van der Waals surface area contributed by atoms with Gasteiger partial charge in [-0.05, 0) is 50.2 Å². The number of amides is 1. The average Bonchev–Trinajstić information content (AvgIpc) is 2.98. The molecule has 3 aromatic rings. The van der Waals surface area contributed by atoms with Crippen molar-refractivity contribution >= 4 is 17.4 Å². The molecule has 7 heteroatoms. The summed E-state index contributed by atoms with van der Waals surface area (Å²) in [5.74, 6) is 0.0890. The number of hydrogen-bond donors (Lipinski definition) is 1. The van der Waals surface area contributed by atoms with Crippen LogP contribution in [-0.2, 0) is 0 Å². The first-order valence-electron chi connectivity index (χ1n) is 8.13. The summed E-state index contributed by atoms with van der Waals surface area (Å²) >= 11 is 0. The van der Waals surface area contributed by atoms with Gasteiger partial charge in [-0.3, -0.25) is 4.79 Å². The van der Waals surface area contributed by atoms with E-state index in [9.17, 15) is 9.18 Å². The molecule has 0 spiro atoms. The van der Waals surface area contributed by atoms with E-state index in [1.165, 1.54) is 18.3 Å². The summed E-state index contributed by atoms with van der Waals surface area (Å²) in [5.41, 5.74) is 3.29. The fraction of sp³-hybridized carbons (Fsp3) is 0.211. The third kappa shape index (κ3) is 3.42. The summed E-state index contributed by atoms with van der Waals surface area (Å²) in [6.07, 6.45) is 1.50. The van der Waals surface area contributed by atoms with Crippen molar-refractivity contribution in [3.05, 3.63) is 65.4 Å². The molecule has 0 aliphatic carbocycles. The smallest absolute Gasteiger partial charge is 0.259 e. The predicted octanol–water partition coefficient (Wildman–Crippen LogP) is 3.34. The largest absolute Gasteiger partial charge is 0.361 e. The van der Waals surface area contributed by atoms with Crippen LogP contribution in [0.15, 0.2) is 42.6 Å². The third-order valence-electron chi connectivity index (χ3n) is 4.01. The second kappa shape index (κ2) is 6.95. The number of carbonyl (C=O) groups is 1. The SMILES string of the molecule is Cc1ccc(NC(=O)c2cnn(-c3ccc(F)cc3)c2C)c(N(C)C)n1. The Morgan fingerprint density at radius 1 is 1.12 bits per heavy atom. The van der Waals surface area contributed by atoms with Crippen LogP contribution in [0.1, 0.15) is 21.7 Å².